The van der Waals surface area contributed by atoms with Gasteiger partial charge in [0.25, 0.3) is 5.91 Å². The quantitative estimate of drug-likeness (QED) is 0.226. The average molecular weight is 523 g/mol. The predicted octanol–water partition coefficient (Wildman–Crippen LogP) is 7.11. The predicted molar refractivity (Wildman–Crippen MR) is 158 cm³/mol. The first-order valence-electron chi connectivity index (χ1n) is 13.7. The van der Waals surface area contributed by atoms with Gasteiger partial charge in [0, 0.05) is 23.7 Å². The SMILES string of the molecule is CCCCCN(CC(=O)Nc1cc(-c2ccccc2)nn1-c1ccccc1)C(=O)c1ccc(C(C)(C)C)cc1. The Morgan fingerprint density at radius 1 is 0.872 bits per heavy atom. The van der Waals surface area contributed by atoms with Crippen molar-refractivity contribution in [2.24, 2.45) is 0 Å². The number of hydrogen-bond acceptors (Lipinski definition) is 3. The van der Waals surface area contributed by atoms with Crippen molar-refractivity contribution >= 4 is 17.6 Å². The van der Waals surface area contributed by atoms with E-state index in [1.165, 1.54) is 0 Å². The summed E-state index contributed by atoms with van der Waals surface area (Å²) in [6, 6.07) is 29.2. The molecule has 6 heteroatoms. The highest BCUT2D eigenvalue weighted by atomic mass is 16.2. The molecular formula is C33H38N4O2. The molecule has 6 nitrogen and oxygen atoms in total. The third kappa shape index (κ3) is 7.23. The van der Waals surface area contributed by atoms with Gasteiger partial charge in [-0.1, -0.05) is 101 Å². The lowest BCUT2D eigenvalue weighted by atomic mass is 9.86. The Labute approximate surface area is 231 Å². The zero-order valence-electron chi connectivity index (χ0n) is 23.4. The molecule has 0 saturated carbocycles. The van der Waals surface area contributed by atoms with Crippen LogP contribution in [0.25, 0.3) is 16.9 Å². The van der Waals surface area contributed by atoms with Crippen LogP contribution in [-0.4, -0.2) is 39.6 Å². The smallest absolute Gasteiger partial charge is 0.254 e. The molecule has 0 bridgehead atoms. The van der Waals surface area contributed by atoms with E-state index in [0.29, 0.717) is 17.9 Å². The minimum Gasteiger partial charge on any atom is -0.329 e. The van der Waals surface area contributed by atoms with Gasteiger partial charge < -0.3 is 10.2 Å². The normalized spacial score (nSPS) is 11.3. The molecule has 0 saturated heterocycles. The molecule has 2 amide bonds. The van der Waals surface area contributed by atoms with Crippen LogP contribution < -0.4 is 5.32 Å². The summed E-state index contributed by atoms with van der Waals surface area (Å²) in [5.41, 5.74) is 4.31. The number of benzene rings is 3. The third-order valence-corrected chi connectivity index (χ3v) is 6.70. The van der Waals surface area contributed by atoms with Crippen molar-refractivity contribution in [2.75, 3.05) is 18.4 Å². The summed E-state index contributed by atoms with van der Waals surface area (Å²) >= 11 is 0. The highest BCUT2D eigenvalue weighted by Gasteiger charge is 2.21. The van der Waals surface area contributed by atoms with Gasteiger partial charge in [0.1, 0.15) is 12.4 Å². The summed E-state index contributed by atoms with van der Waals surface area (Å²) in [7, 11) is 0. The number of anilines is 1. The second-order valence-corrected chi connectivity index (χ2v) is 10.8. The van der Waals surface area contributed by atoms with Crippen LogP contribution in [0, 0.1) is 0 Å². The first-order chi connectivity index (χ1) is 18.8. The molecule has 202 valence electrons. The Hall–Kier alpha value is -4.19. The molecule has 0 fully saturated rings. The van der Waals surface area contributed by atoms with Gasteiger partial charge in [-0.15, -0.1) is 0 Å². The van der Waals surface area contributed by atoms with Gasteiger partial charge in [-0.2, -0.15) is 5.10 Å². The zero-order chi connectivity index (χ0) is 27.8. The maximum atomic E-state index is 13.5. The number of rotatable bonds is 10. The van der Waals surface area contributed by atoms with E-state index in [1.54, 1.807) is 9.58 Å². The third-order valence-electron chi connectivity index (χ3n) is 6.70. The first kappa shape index (κ1) is 27.8. The Bertz CT molecular complexity index is 1370. The number of hydrogen-bond donors (Lipinski definition) is 1. The Kier molecular flexibility index (Phi) is 8.97. The van der Waals surface area contributed by atoms with Gasteiger partial charge in [0.05, 0.1) is 11.4 Å². The van der Waals surface area contributed by atoms with Crippen molar-refractivity contribution < 1.29 is 9.59 Å². The number of para-hydroxylation sites is 1. The number of carbonyl (C=O) groups excluding carboxylic acids is 2. The topological polar surface area (TPSA) is 67.2 Å². The lowest BCUT2D eigenvalue weighted by Gasteiger charge is -2.23. The number of aromatic nitrogens is 2. The fourth-order valence-corrected chi connectivity index (χ4v) is 4.44. The van der Waals surface area contributed by atoms with Crippen molar-refractivity contribution in [3.8, 4) is 16.9 Å². The molecule has 0 spiro atoms. The summed E-state index contributed by atoms with van der Waals surface area (Å²) in [5, 5.41) is 7.80. The van der Waals surface area contributed by atoms with Gasteiger partial charge in [0.15, 0.2) is 0 Å². The number of amides is 2. The molecule has 1 N–H and O–H groups in total. The van der Waals surface area contributed by atoms with Gasteiger partial charge >= 0.3 is 0 Å². The summed E-state index contributed by atoms with van der Waals surface area (Å²) in [5.74, 6) is 0.159. The molecule has 0 radical (unpaired) electrons. The van der Waals surface area contributed by atoms with E-state index in [2.05, 4.69) is 33.0 Å². The summed E-state index contributed by atoms with van der Waals surface area (Å²) in [6.07, 6.45) is 2.87. The summed E-state index contributed by atoms with van der Waals surface area (Å²) in [4.78, 5) is 28.5. The molecule has 3 aromatic carbocycles. The first-order valence-corrected chi connectivity index (χ1v) is 13.7. The number of nitrogens with one attached hydrogen (secondary N) is 1. The molecule has 0 aliphatic rings. The Morgan fingerprint density at radius 2 is 1.51 bits per heavy atom. The van der Waals surface area contributed by atoms with Gasteiger partial charge in [0.2, 0.25) is 5.91 Å². The highest BCUT2D eigenvalue weighted by molar-refractivity contribution is 5.99. The van der Waals surface area contributed by atoms with Crippen LogP contribution in [0.3, 0.4) is 0 Å². The number of unbranched alkanes of at least 4 members (excludes halogenated alkanes) is 2. The molecule has 0 aliphatic carbocycles. The van der Waals surface area contributed by atoms with E-state index >= 15 is 0 Å². The molecule has 0 aliphatic heterocycles. The van der Waals surface area contributed by atoms with E-state index in [0.717, 1.165) is 41.8 Å². The zero-order valence-corrected chi connectivity index (χ0v) is 23.4. The fourth-order valence-electron chi connectivity index (χ4n) is 4.44. The lowest BCUT2D eigenvalue weighted by molar-refractivity contribution is -0.117. The van der Waals surface area contributed by atoms with Crippen LogP contribution in [0.4, 0.5) is 5.82 Å². The fraction of sp³-hybridized carbons (Fsp3) is 0.303. The highest BCUT2D eigenvalue weighted by Crippen LogP contribution is 2.25. The van der Waals surface area contributed by atoms with Crippen molar-refractivity contribution in [3.63, 3.8) is 0 Å². The van der Waals surface area contributed by atoms with E-state index in [4.69, 9.17) is 5.10 Å². The van der Waals surface area contributed by atoms with Gasteiger partial charge in [-0.3, -0.25) is 9.59 Å². The van der Waals surface area contributed by atoms with E-state index in [9.17, 15) is 9.59 Å². The van der Waals surface area contributed by atoms with Crippen molar-refractivity contribution in [1.82, 2.24) is 14.7 Å². The van der Waals surface area contributed by atoms with Crippen LogP contribution >= 0.6 is 0 Å². The molecule has 0 unspecified atom stereocenters. The molecule has 4 aromatic rings. The molecule has 4 rings (SSSR count). The Morgan fingerprint density at radius 3 is 2.13 bits per heavy atom. The summed E-state index contributed by atoms with van der Waals surface area (Å²) in [6.45, 7) is 9.05. The van der Waals surface area contributed by atoms with Crippen molar-refractivity contribution in [3.05, 3.63) is 102 Å². The van der Waals surface area contributed by atoms with Crippen molar-refractivity contribution in [2.45, 2.75) is 52.4 Å². The lowest BCUT2D eigenvalue weighted by Crippen LogP contribution is -2.39. The van der Waals surface area contributed by atoms with E-state index in [1.807, 2.05) is 91.0 Å². The van der Waals surface area contributed by atoms with Crippen LogP contribution in [-0.2, 0) is 10.2 Å². The molecule has 0 atom stereocenters. The maximum absolute atomic E-state index is 13.5. The summed E-state index contributed by atoms with van der Waals surface area (Å²) < 4.78 is 1.73. The molecule has 1 heterocycles. The van der Waals surface area contributed by atoms with Crippen LogP contribution in [0.15, 0.2) is 91.0 Å². The largest absolute Gasteiger partial charge is 0.329 e. The van der Waals surface area contributed by atoms with Gasteiger partial charge in [-0.05, 0) is 41.7 Å². The van der Waals surface area contributed by atoms with E-state index in [-0.39, 0.29) is 23.8 Å². The second kappa shape index (κ2) is 12.6. The van der Waals surface area contributed by atoms with E-state index < -0.39 is 0 Å². The molecule has 39 heavy (non-hydrogen) atoms. The minimum absolute atomic E-state index is 0.00256. The average Bonchev–Trinajstić information content (AvgIpc) is 3.36. The molecular weight excluding hydrogens is 484 g/mol. The number of carbonyl (C=O) groups is 2. The van der Waals surface area contributed by atoms with Crippen LogP contribution in [0.1, 0.15) is 62.9 Å². The number of nitrogens with zero attached hydrogens (tertiary/aromatic N) is 3. The minimum atomic E-state index is -0.261. The standard InChI is InChI=1S/C33H38N4O2/c1-5-6-13-22-36(32(39)26-18-20-27(21-19-26)33(2,3)4)24-31(38)34-30-23-29(25-14-9-7-10-15-25)35-37(30)28-16-11-8-12-17-28/h7-12,14-21,23H,5-6,13,22,24H2,1-4H3,(H,34,38). The van der Waals surface area contributed by atoms with Gasteiger partial charge in [-0.25, -0.2) is 4.68 Å². The second-order valence-electron chi connectivity index (χ2n) is 10.8. The maximum Gasteiger partial charge on any atom is 0.254 e. The monoisotopic (exact) mass is 522 g/mol. The van der Waals surface area contributed by atoms with Crippen LogP contribution in [0.5, 0.6) is 0 Å². The van der Waals surface area contributed by atoms with Crippen molar-refractivity contribution in [1.29, 1.82) is 0 Å². The Balaban J connectivity index is 1.56. The molecule has 1 aromatic heterocycles. The van der Waals surface area contributed by atoms with Crippen LogP contribution in [0.2, 0.25) is 0 Å².